The summed E-state index contributed by atoms with van der Waals surface area (Å²) >= 11 is 11.7. The predicted molar refractivity (Wildman–Crippen MR) is 53.9 cm³/mol. The van der Waals surface area contributed by atoms with Gasteiger partial charge in [0.2, 0.25) is 0 Å². The van der Waals surface area contributed by atoms with Crippen molar-refractivity contribution < 1.29 is 0 Å². The van der Waals surface area contributed by atoms with Gasteiger partial charge in [-0.2, -0.15) is 0 Å². The maximum absolute atomic E-state index is 5.99. The van der Waals surface area contributed by atoms with Crippen molar-refractivity contribution in [2.75, 3.05) is 0 Å². The summed E-state index contributed by atoms with van der Waals surface area (Å²) in [6.45, 7) is 0. The lowest BCUT2D eigenvalue weighted by Gasteiger charge is -2.11. The number of hydrogen-bond donors (Lipinski definition) is 1. The smallest absolute Gasteiger partial charge is 0.133 e. The second-order valence-corrected chi connectivity index (χ2v) is 4.19. The summed E-state index contributed by atoms with van der Waals surface area (Å²) in [5.74, 6) is 0.567. The van der Waals surface area contributed by atoms with Crippen LogP contribution in [0.3, 0.4) is 0 Å². The van der Waals surface area contributed by atoms with E-state index in [9.17, 15) is 0 Å². The van der Waals surface area contributed by atoms with E-state index in [4.69, 9.17) is 28.9 Å². The average Bonchev–Trinajstić information content (AvgIpc) is 2.91. The van der Waals surface area contributed by atoms with Crippen LogP contribution < -0.4 is 5.73 Å². The Morgan fingerprint density at radius 3 is 2.77 bits per heavy atom. The molecule has 0 aliphatic heterocycles. The molecule has 2 rings (SSSR count). The zero-order valence-corrected chi connectivity index (χ0v) is 8.52. The van der Waals surface area contributed by atoms with E-state index in [1.807, 2.05) is 0 Å². The Kier molecular flexibility index (Phi) is 2.45. The average molecular weight is 217 g/mol. The largest absolute Gasteiger partial charge is 0.324 e. The Bertz CT molecular complexity index is 323. The second kappa shape index (κ2) is 3.45. The number of halogens is 2. The van der Waals surface area contributed by atoms with Gasteiger partial charge in [0.1, 0.15) is 5.15 Å². The Balaban J connectivity index is 2.31. The van der Waals surface area contributed by atoms with Crippen molar-refractivity contribution in [3.8, 4) is 0 Å². The van der Waals surface area contributed by atoms with E-state index in [0.717, 1.165) is 5.56 Å². The Morgan fingerprint density at radius 2 is 2.15 bits per heavy atom. The van der Waals surface area contributed by atoms with E-state index in [1.165, 1.54) is 19.0 Å². The molecule has 13 heavy (non-hydrogen) atoms. The summed E-state index contributed by atoms with van der Waals surface area (Å²) in [7, 11) is 0. The van der Waals surface area contributed by atoms with Gasteiger partial charge in [-0.1, -0.05) is 23.2 Å². The third-order valence-electron chi connectivity index (χ3n) is 2.32. The molecule has 1 aromatic heterocycles. The second-order valence-electron chi connectivity index (χ2n) is 3.40. The summed E-state index contributed by atoms with van der Waals surface area (Å²) in [4.78, 5) is 3.96. The van der Waals surface area contributed by atoms with Crippen LogP contribution in [0.2, 0.25) is 10.2 Å². The highest BCUT2D eigenvalue weighted by Crippen LogP contribution is 2.41. The van der Waals surface area contributed by atoms with Crippen molar-refractivity contribution in [2.45, 2.75) is 18.9 Å². The SMILES string of the molecule is NC(c1cc(Cl)cnc1Cl)C1CC1. The van der Waals surface area contributed by atoms with Crippen LogP contribution >= 0.6 is 23.2 Å². The van der Waals surface area contributed by atoms with Gasteiger partial charge in [-0.15, -0.1) is 0 Å². The first-order chi connectivity index (χ1) is 6.18. The minimum atomic E-state index is -0.00120. The van der Waals surface area contributed by atoms with Crippen LogP contribution in [0.15, 0.2) is 12.3 Å². The molecule has 0 saturated heterocycles. The summed E-state index contributed by atoms with van der Waals surface area (Å²) < 4.78 is 0. The van der Waals surface area contributed by atoms with E-state index in [0.29, 0.717) is 16.1 Å². The molecule has 1 aromatic rings. The lowest BCUT2D eigenvalue weighted by molar-refractivity contribution is 0.631. The van der Waals surface area contributed by atoms with Crippen LogP contribution in [0.25, 0.3) is 0 Å². The highest BCUT2D eigenvalue weighted by molar-refractivity contribution is 6.32. The van der Waals surface area contributed by atoms with Crippen LogP contribution in [0.5, 0.6) is 0 Å². The van der Waals surface area contributed by atoms with Crippen molar-refractivity contribution in [3.05, 3.63) is 28.0 Å². The molecule has 0 bridgehead atoms. The lowest BCUT2D eigenvalue weighted by Crippen LogP contribution is -2.13. The zero-order chi connectivity index (χ0) is 9.42. The minimum Gasteiger partial charge on any atom is -0.324 e. The molecular formula is C9H10Cl2N2. The fraction of sp³-hybridized carbons (Fsp3) is 0.444. The van der Waals surface area contributed by atoms with Crippen molar-refractivity contribution in [1.82, 2.24) is 4.98 Å². The van der Waals surface area contributed by atoms with Crippen LogP contribution in [0.1, 0.15) is 24.4 Å². The third kappa shape index (κ3) is 1.96. The normalized spacial score (nSPS) is 18.7. The maximum atomic E-state index is 5.99. The highest BCUT2D eigenvalue weighted by Gasteiger charge is 2.31. The van der Waals surface area contributed by atoms with Gasteiger partial charge in [0, 0.05) is 17.8 Å². The van der Waals surface area contributed by atoms with Crippen molar-refractivity contribution in [1.29, 1.82) is 0 Å². The van der Waals surface area contributed by atoms with Crippen molar-refractivity contribution >= 4 is 23.2 Å². The number of nitrogens with zero attached hydrogens (tertiary/aromatic N) is 1. The first-order valence-electron chi connectivity index (χ1n) is 4.25. The summed E-state index contributed by atoms with van der Waals surface area (Å²) in [6.07, 6.45) is 3.90. The number of nitrogens with two attached hydrogens (primary N) is 1. The lowest BCUT2D eigenvalue weighted by atomic mass is 10.1. The van der Waals surface area contributed by atoms with Crippen LogP contribution in [0, 0.1) is 5.92 Å². The van der Waals surface area contributed by atoms with Crippen LogP contribution in [-0.2, 0) is 0 Å². The van der Waals surface area contributed by atoms with Gasteiger partial charge < -0.3 is 5.73 Å². The van der Waals surface area contributed by atoms with Gasteiger partial charge in [-0.25, -0.2) is 4.98 Å². The molecule has 1 saturated carbocycles. The zero-order valence-electron chi connectivity index (χ0n) is 7.00. The highest BCUT2D eigenvalue weighted by atomic mass is 35.5. The van der Waals surface area contributed by atoms with E-state index >= 15 is 0 Å². The first kappa shape index (κ1) is 9.25. The number of pyridine rings is 1. The fourth-order valence-electron chi connectivity index (χ4n) is 1.38. The Hall–Kier alpha value is -0.310. The minimum absolute atomic E-state index is 0.00120. The number of aromatic nitrogens is 1. The standard InChI is InChI=1S/C9H10Cl2N2/c10-6-3-7(9(11)13-4-6)8(12)5-1-2-5/h3-5,8H,1-2,12H2. The molecule has 0 radical (unpaired) electrons. The number of hydrogen-bond acceptors (Lipinski definition) is 2. The monoisotopic (exact) mass is 216 g/mol. The molecule has 1 heterocycles. The molecule has 2 N–H and O–H groups in total. The molecule has 0 aromatic carbocycles. The first-order valence-corrected chi connectivity index (χ1v) is 5.00. The van der Waals surface area contributed by atoms with Gasteiger partial charge in [-0.3, -0.25) is 0 Å². The maximum Gasteiger partial charge on any atom is 0.133 e. The predicted octanol–water partition coefficient (Wildman–Crippen LogP) is 2.80. The molecule has 1 aliphatic carbocycles. The fourth-order valence-corrected chi connectivity index (χ4v) is 1.78. The van der Waals surface area contributed by atoms with Gasteiger partial charge >= 0.3 is 0 Å². The van der Waals surface area contributed by atoms with Crippen LogP contribution in [-0.4, -0.2) is 4.98 Å². The summed E-state index contributed by atoms with van der Waals surface area (Å²) in [5, 5.41) is 1.07. The molecule has 1 atom stereocenters. The molecule has 70 valence electrons. The third-order valence-corrected chi connectivity index (χ3v) is 2.84. The topological polar surface area (TPSA) is 38.9 Å². The Labute approximate surface area is 87.1 Å². The number of rotatable bonds is 2. The molecule has 1 aliphatic rings. The van der Waals surface area contributed by atoms with Gasteiger partial charge in [-0.05, 0) is 24.8 Å². The van der Waals surface area contributed by atoms with Gasteiger partial charge in [0.05, 0.1) is 5.02 Å². The molecule has 1 unspecified atom stereocenters. The molecule has 2 nitrogen and oxygen atoms in total. The molecule has 4 heteroatoms. The summed E-state index contributed by atoms with van der Waals surface area (Å²) in [5.41, 5.74) is 6.86. The van der Waals surface area contributed by atoms with E-state index in [2.05, 4.69) is 4.98 Å². The molecular weight excluding hydrogens is 207 g/mol. The van der Waals surface area contributed by atoms with E-state index < -0.39 is 0 Å². The van der Waals surface area contributed by atoms with Crippen molar-refractivity contribution in [2.24, 2.45) is 11.7 Å². The molecule has 0 amide bonds. The molecule has 1 fully saturated rings. The Morgan fingerprint density at radius 1 is 1.46 bits per heavy atom. The summed E-state index contributed by atoms with van der Waals surface area (Å²) in [6, 6.07) is 1.80. The van der Waals surface area contributed by atoms with Crippen LogP contribution in [0.4, 0.5) is 0 Å². The van der Waals surface area contributed by atoms with Gasteiger partial charge in [0.15, 0.2) is 0 Å². The van der Waals surface area contributed by atoms with E-state index in [1.54, 1.807) is 6.07 Å². The quantitative estimate of drug-likeness (QED) is 0.773. The van der Waals surface area contributed by atoms with Gasteiger partial charge in [0.25, 0.3) is 0 Å². The molecule has 0 spiro atoms. The van der Waals surface area contributed by atoms with Crippen molar-refractivity contribution in [3.63, 3.8) is 0 Å². The van der Waals surface area contributed by atoms with E-state index in [-0.39, 0.29) is 6.04 Å².